The molecule has 0 bridgehead atoms. The first-order valence-electron chi connectivity index (χ1n) is 11.7. The summed E-state index contributed by atoms with van der Waals surface area (Å²) in [5.74, 6) is -1.24. The van der Waals surface area contributed by atoms with E-state index < -0.39 is 23.7 Å². The van der Waals surface area contributed by atoms with Crippen LogP contribution in [0.15, 0.2) is 48.0 Å². The number of rotatable bonds is 9. The van der Waals surface area contributed by atoms with Crippen molar-refractivity contribution in [3.63, 3.8) is 0 Å². The average Bonchev–Trinajstić information content (AvgIpc) is 3.09. The van der Waals surface area contributed by atoms with Gasteiger partial charge in [0.15, 0.2) is 0 Å². The summed E-state index contributed by atoms with van der Waals surface area (Å²) in [5.41, 5.74) is 1.70. The highest BCUT2D eigenvalue weighted by molar-refractivity contribution is 6.46. The topological polar surface area (TPSA) is 96.4 Å². The maximum atomic E-state index is 13.3. The molecular formula is C27H32N2O6. The second-order valence-electron chi connectivity index (χ2n) is 8.37. The quantitative estimate of drug-likeness (QED) is 0.192. The molecule has 0 aliphatic carbocycles. The van der Waals surface area contributed by atoms with Gasteiger partial charge in [0.05, 0.1) is 18.7 Å². The van der Waals surface area contributed by atoms with Crippen LogP contribution in [0.5, 0.6) is 11.5 Å². The van der Waals surface area contributed by atoms with Gasteiger partial charge in [0.1, 0.15) is 17.3 Å². The Balaban J connectivity index is 2.15. The molecular weight excluding hydrogens is 448 g/mol. The summed E-state index contributed by atoms with van der Waals surface area (Å²) < 4.78 is 10.5. The van der Waals surface area contributed by atoms with E-state index in [9.17, 15) is 19.5 Å². The van der Waals surface area contributed by atoms with E-state index in [-0.39, 0.29) is 11.3 Å². The molecule has 3 rings (SSSR count). The van der Waals surface area contributed by atoms with Crippen molar-refractivity contribution in [2.45, 2.75) is 33.7 Å². The molecule has 8 heteroatoms. The van der Waals surface area contributed by atoms with Crippen LogP contribution in [-0.4, -0.2) is 65.9 Å². The number of ether oxygens (including phenoxy) is 2. The molecule has 2 aromatic rings. The fourth-order valence-electron chi connectivity index (χ4n) is 4.33. The van der Waals surface area contributed by atoms with Gasteiger partial charge in [-0.15, -0.1) is 0 Å². The SMILES string of the molecule is CCN(CC)CCN1C(=O)C(=O)/C(=C(/O)c2ccc(OC)cc2C)C1c1cccc(OC(C)=O)c1. The number of benzene rings is 2. The number of hydrogen-bond donors (Lipinski definition) is 1. The third kappa shape index (κ3) is 5.54. The van der Waals surface area contributed by atoms with Crippen molar-refractivity contribution in [3.8, 4) is 11.5 Å². The number of aliphatic hydroxyl groups excluding tert-OH is 1. The number of methoxy groups -OCH3 is 1. The largest absolute Gasteiger partial charge is 0.507 e. The van der Waals surface area contributed by atoms with E-state index in [0.717, 1.165) is 13.1 Å². The predicted octanol–water partition coefficient (Wildman–Crippen LogP) is 3.69. The number of ketones is 1. The van der Waals surface area contributed by atoms with E-state index >= 15 is 0 Å². The van der Waals surface area contributed by atoms with Crippen LogP contribution in [0.25, 0.3) is 5.76 Å². The average molecular weight is 481 g/mol. The molecule has 1 aliphatic rings. The Morgan fingerprint density at radius 3 is 2.40 bits per heavy atom. The van der Waals surface area contributed by atoms with Gasteiger partial charge in [-0.3, -0.25) is 14.4 Å². The van der Waals surface area contributed by atoms with Gasteiger partial charge in [-0.1, -0.05) is 26.0 Å². The van der Waals surface area contributed by atoms with Crippen LogP contribution in [0.3, 0.4) is 0 Å². The number of carbonyl (C=O) groups excluding carboxylic acids is 3. The number of nitrogens with zero attached hydrogens (tertiary/aromatic N) is 2. The monoisotopic (exact) mass is 480 g/mol. The van der Waals surface area contributed by atoms with Crippen molar-refractivity contribution in [2.75, 3.05) is 33.3 Å². The summed E-state index contributed by atoms with van der Waals surface area (Å²) in [7, 11) is 1.55. The second kappa shape index (κ2) is 11.2. The maximum Gasteiger partial charge on any atom is 0.308 e. The lowest BCUT2D eigenvalue weighted by Crippen LogP contribution is -2.38. The summed E-state index contributed by atoms with van der Waals surface area (Å²) in [6.45, 7) is 9.64. The Bertz CT molecular complexity index is 1150. The molecule has 1 heterocycles. The Kier molecular flexibility index (Phi) is 8.30. The van der Waals surface area contributed by atoms with Gasteiger partial charge >= 0.3 is 5.97 Å². The van der Waals surface area contributed by atoms with Crippen molar-refractivity contribution in [1.29, 1.82) is 0 Å². The maximum absolute atomic E-state index is 13.3. The van der Waals surface area contributed by atoms with Crippen LogP contribution in [0.4, 0.5) is 0 Å². The Morgan fingerprint density at radius 1 is 1.09 bits per heavy atom. The third-order valence-electron chi connectivity index (χ3n) is 6.22. The zero-order chi connectivity index (χ0) is 25.7. The van der Waals surface area contributed by atoms with Crippen LogP contribution in [0.1, 0.15) is 43.5 Å². The summed E-state index contributed by atoms with van der Waals surface area (Å²) in [4.78, 5) is 41.6. The molecule has 0 spiro atoms. The minimum atomic E-state index is -0.831. The number of esters is 1. The van der Waals surface area contributed by atoms with Gasteiger partial charge in [-0.05, 0) is 61.5 Å². The first-order valence-corrected chi connectivity index (χ1v) is 11.7. The van der Waals surface area contributed by atoms with Crippen LogP contribution < -0.4 is 9.47 Å². The number of aliphatic hydroxyl groups is 1. The fraction of sp³-hybridized carbons (Fsp3) is 0.370. The number of amides is 1. The van der Waals surface area contributed by atoms with E-state index in [0.29, 0.717) is 41.3 Å². The highest BCUT2D eigenvalue weighted by atomic mass is 16.5. The molecule has 35 heavy (non-hydrogen) atoms. The molecule has 0 aromatic heterocycles. The molecule has 1 amide bonds. The molecule has 186 valence electrons. The number of Topliss-reactive ketones (excluding diaryl/α,β-unsaturated/α-hetero) is 1. The second-order valence-corrected chi connectivity index (χ2v) is 8.37. The van der Waals surface area contributed by atoms with Gasteiger partial charge in [0.2, 0.25) is 0 Å². The molecule has 1 aliphatic heterocycles. The van der Waals surface area contributed by atoms with Crippen LogP contribution >= 0.6 is 0 Å². The minimum Gasteiger partial charge on any atom is -0.507 e. The smallest absolute Gasteiger partial charge is 0.308 e. The lowest BCUT2D eigenvalue weighted by Gasteiger charge is -2.28. The summed E-state index contributed by atoms with van der Waals surface area (Å²) in [6.07, 6.45) is 0. The van der Waals surface area contributed by atoms with E-state index in [1.807, 2.05) is 13.8 Å². The van der Waals surface area contributed by atoms with Crippen LogP contribution in [-0.2, 0) is 14.4 Å². The van der Waals surface area contributed by atoms with Gasteiger partial charge in [-0.25, -0.2) is 0 Å². The van der Waals surface area contributed by atoms with Crippen molar-refractivity contribution in [2.24, 2.45) is 0 Å². The highest BCUT2D eigenvalue weighted by Gasteiger charge is 2.46. The summed E-state index contributed by atoms with van der Waals surface area (Å²) in [6, 6.07) is 11.0. The fourth-order valence-corrected chi connectivity index (χ4v) is 4.33. The molecule has 0 saturated carbocycles. The van der Waals surface area contributed by atoms with Crippen molar-refractivity contribution >= 4 is 23.4 Å². The lowest BCUT2D eigenvalue weighted by molar-refractivity contribution is -0.140. The predicted molar refractivity (Wildman–Crippen MR) is 132 cm³/mol. The van der Waals surface area contributed by atoms with Crippen molar-refractivity contribution < 1.29 is 29.0 Å². The number of likely N-dealkylation sites (N-methyl/N-ethyl adjacent to an activating group) is 1. The first kappa shape index (κ1) is 26.0. The Morgan fingerprint density at radius 2 is 1.80 bits per heavy atom. The zero-order valence-electron chi connectivity index (χ0n) is 20.8. The van der Waals surface area contributed by atoms with Gasteiger partial charge in [0, 0.05) is 25.6 Å². The highest BCUT2D eigenvalue weighted by Crippen LogP contribution is 2.40. The van der Waals surface area contributed by atoms with Crippen molar-refractivity contribution in [1.82, 2.24) is 9.80 Å². The number of hydrogen-bond acceptors (Lipinski definition) is 7. The Hall–Kier alpha value is -3.65. The van der Waals surface area contributed by atoms with Crippen LogP contribution in [0.2, 0.25) is 0 Å². The molecule has 2 aromatic carbocycles. The van der Waals surface area contributed by atoms with Gasteiger partial charge < -0.3 is 24.4 Å². The molecule has 1 fully saturated rings. The van der Waals surface area contributed by atoms with E-state index in [4.69, 9.17) is 9.47 Å². The molecule has 1 saturated heterocycles. The number of likely N-dealkylation sites (tertiary alicyclic amines) is 1. The molecule has 1 N–H and O–H groups in total. The normalized spacial score (nSPS) is 17.2. The lowest BCUT2D eigenvalue weighted by atomic mass is 9.93. The standard InChI is InChI=1S/C27H32N2O6/c1-6-28(7-2)13-14-29-24(19-9-8-10-21(16-19)35-18(4)30)23(26(32)27(29)33)25(31)22-12-11-20(34-5)15-17(22)3/h8-12,15-16,24,31H,6-7,13-14H2,1-5H3/b25-23+. The molecule has 8 nitrogen and oxygen atoms in total. The van der Waals surface area contributed by atoms with Gasteiger partial charge in [-0.2, -0.15) is 0 Å². The zero-order valence-corrected chi connectivity index (χ0v) is 20.8. The van der Waals surface area contributed by atoms with E-state index in [1.165, 1.54) is 11.8 Å². The molecule has 0 radical (unpaired) electrons. The molecule has 1 atom stereocenters. The molecule has 1 unspecified atom stereocenters. The van der Waals surface area contributed by atoms with E-state index in [1.54, 1.807) is 56.5 Å². The third-order valence-corrected chi connectivity index (χ3v) is 6.22. The summed E-state index contributed by atoms with van der Waals surface area (Å²) >= 11 is 0. The first-order chi connectivity index (χ1) is 16.7. The summed E-state index contributed by atoms with van der Waals surface area (Å²) in [5, 5.41) is 11.3. The van der Waals surface area contributed by atoms with Crippen LogP contribution in [0, 0.1) is 6.92 Å². The number of carbonyl (C=O) groups is 3. The van der Waals surface area contributed by atoms with Crippen molar-refractivity contribution in [3.05, 3.63) is 64.7 Å². The number of aryl methyl sites for hydroxylation is 1. The van der Waals surface area contributed by atoms with E-state index in [2.05, 4.69) is 4.90 Å². The minimum absolute atomic E-state index is 0.00258. The Labute approximate surface area is 205 Å². The van der Waals surface area contributed by atoms with Gasteiger partial charge in [0.25, 0.3) is 11.7 Å².